The zero-order valence-corrected chi connectivity index (χ0v) is 17.5. The Labute approximate surface area is 175 Å². The highest BCUT2D eigenvalue weighted by Crippen LogP contribution is 2.42. The molecule has 2 aromatic rings. The number of aryl methyl sites for hydroxylation is 2. The van der Waals surface area contributed by atoms with Gasteiger partial charge in [-0.2, -0.15) is 21.6 Å². The van der Waals surface area contributed by atoms with Gasteiger partial charge in [-0.3, -0.25) is 14.5 Å². The lowest BCUT2D eigenvalue weighted by atomic mass is 10.1. The highest BCUT2D eigenvalue weighted by Gasteiger charge is 2.47. The number of thioether (sulfide) groups is 1. The van der Waals surface area contributed by atoms with Gasteiger partial charge in [-0.15, -0.1) is 11.8 Å². The molecule has 0 radical (unpaired) electrons. The zero-order chi connectivity index (χ0) is 22.3. The maximum absolute atomic E-state index is 12.5. The van der Waals surface area contributed by atoms with Crippen molar-refractivity contribution in [2.45, 2.75) is 24.7 Å². The summed E-state index contributed by atoms with van der Waals surface area (Å²) in [6.07, 6.45) is 0. The molecule has 1 heterocycles. The summed E-state index contributed by atoms with van der Waals surface area (Å²) in [5.41, 5.74) is -2.95. The molecule has 160 valence electrons. The lowest BCUT2D eigenvalue weighted by Crippen LogP contribution is -2.40. The monoisotopic (exact) mass is 458 g/mol. The molecule has 2 aromatic carbocycles. The molecule has 1 aliphatic rings. The molecule has 1 atom stereocenters. The van der Waals surface area contributed by atoms with Crippen molar-refractivity contribution in [3.05, 3.63) is 64.7 Å². The molecule has 0 bridgehead atoms. The molecule has 3 rings (SSSR count). The first-order valence-corrected chi connectivity index (χ1v) is 11.2. The molecule has 2 amide bonds. The summed E-state index contributed by atoms with van der Waals surface area (Å²) in [5, 5.41) is -0.290. The number of amides is 2. The summed E-state index contributed by atoms with van der Waals surface area (Å²) in [6, 6.07) is 11.5. The van der Waals surface area contributed by atoms with E-state index in [-0.39, 0.29) is 22.6 Å². The van der Waals surface area contributed by atoms with Crippen molar-refractivity contribution in [2.24, 2.45) is 0 Å². The van der Waals surface area contributed by atoms with Gasteiger partial charge in [-0.05, 0) is 43.2 Å². The summed E-state index contributed by atoms with van der Waals surface area (Å²) < 4.78 is 60.7. The average Bonchev–Trinajstić information content (AvgIpc) is 3.02. The molecule has 1 aliphatic heterocycles. The maximum Gasteiger partial charge on any atom is 0.516 e. The summed E-state index contributed by atoms with van der Waals surface area (Å²) >= 11 is 1.43. The number of halogens is 3. The molecule has 0 aliphatic carbocycles. The van der Waals surface area contributed by atoms with E-state index in [1.165, 1.54) is 30.0 Å². The van der Waals surface area contributed by atoms with Gasteiger partial charge in [0.2, 0.25) is 5.91 Å². The van der Waals surface area contributed by atoms with Crippen LogP contribution in [0, 0.1) is 13.8 Å². The lowest BCUT2D eigenvalue weighted by molar-refractivity contribution is -0.115. The highest BCUT2D eigenvalue weighted by atomic mass is 32.2. The molecule has 0 saturated carbocycles. The second kappa shape index (κ2) is 7.95. The van der Waals surface area contributed by atoms with Gasteiger partial charge >= 0.3 is 15.5 Å². The van der Waals surface area contributed by atoms with Gasteiger partial charge in [0, 0.05) is 11.3 Å². The minimum atomic E-state index is -5.81. The molecule has 11 heteroatoms. The fourth-order valence-electron chi connectivity index (χ4n) is 2.97. The number of nitrogens with one attached hydrogen (secondary N) is 1. The van der Waals surface area contributed by atoms with E-state index in [2.05, 4.69) is 0 Å². The first-order chi connectivity index (χ1) is 13.9. The van der Waals surface area contributed by atoms with Gasteiger partial charge < -0.3 is 0 Å². The first-order valence-electron chi connectivity index (χ1n) is 8.65. The normalized spacial score (nSPS) is 17.3. The fourth-order valence-corrected chi connectivity index (χ4v) is 4.61. The van der Waals surface area contributed by atoms with Crippen molar-refractivity contribution in [2.75, 3.05) is 10.7 Å². The second-order valence-corrected chi connectivity index (χ2v) is 9.46. The smallest absolute Gasteiger partial charge is 0.295 e. The minimum Gasteiger partial charge on any atom is -0.295 e. The predicted octanol–water partition coefficient (Wildman–Crippen LogP) is 3.66. The van der Waals surface area contributed by atoms with Crippen LogP contribution >= 0.6 is 11.8 Å². The van der Waals surface area contributed by atoms with Gasteiger partial charge in [0.15, 0.2) is 0 Å². The number of rotatable bonds is 4. The summed E-state index contributed by atoms with van der Waals surface area (Å²) in [7, 11) is -5.81. The number of carbonyl (C=O) groups is 2. The van der Waals surface area contributed by atoms with E-state index < -0.39 is 21.4 Å². The Morgan fingerprint density at radius 1 is 1.13 bits per heavy atom. The van der Waals surface area contributed by atoms with Crippen LogP contribution in [0.15, 0.2) is 42.5 Å². The van der Waals surface area contributed by atoms with E-state index in [9.17, 15) is 31.2 Å². The molecular formula is C19H17F3N2O4S2. The van der Waals surface area contributed by atoms with Crippen LogP contribution in [0.4, 0.5) is 18.9 Å². The zero-order valence-electron chi connectivity index (χ0n) is 15.9. The van der Waals surface area contributed by atoms with Gasteiger partial charge in [0.05, 0.1) is 5.75 Å². The van der Waals surface area contributed by atoms with Crippen molar-refractivity contribution in [3.8, 4) is 0 Å². The number of carbonyl (C=O) groups excluding carboxylic acids is 2. The first kappa shape index (κ1) is 22.2. The van der Waals surface area contributed by atoms with E-state index in [1.54, 1.807) is 11.8 Å². The van der Waals surface area contributed by atoms with Crippen LogP contribution in [0.3, 0.4) is 0 Å². The van der Waals surface area contributed by atoms with Crippen molar-refractivity contribution in [1.82, 2.24) is 4.72 Å². The number of anilines is 1. The maximum atomic E-state index is 12.5. The van der Waals surface area contributed by atoms with Crippen LogP contribution in [0.1, 0.15) is 32.4 Å². The van der Waals surface area contributed by atoms with Crippen molar-refractivity contribution < 1.29 is 31.2 Å². The molecule has 30 heavy (non-hydrogen) atoms. The van der Waals surface area contributed by atoms with E-state index in [0.717, 1.165) is 15.8 Å². The summed E-state index contributed by atoms with van der Waals surface area (Å²) in [6.45, 7) is 3.54. The van der Waals surface area contributed by atoms with Crippen LogP contribution in [-0.2, 0) is 14.8 Å². The Kier molecular flexibility index (Phi) is 5.87. The van der Waals surface area contributed by atoms with Gasteiger partial charge in [-0.1, -0.05) is 29.8 Å². The Morgan fingerprint density at radius 3 is 2.33 bits per heavy atom. The number of nitrogens with zero attached hydrogens (tertiary/aromatic N) is 1. The third-order valence-electron chi connectivity index (χ3n) is 4.48. The SMILES string of the molecule is Cc1ccc(C2SCC(=O)N2c2ccc(C(=O)NS(=O)(=O)C(F)(F)F)cc2C)cc1. The molecule has 1 fully saturated rings. The molecule has 0 aromatic heterocycles. The third-order valence-corrected chi connectivity index (χ3v) is 6.76. The van der Waals surface area contributed by atoms with E-state index >= 15 is 0 Å². The Morgan fingerprint density at radius 2 is 1.77 bits per heavy atom. The average molecular weight is 458 g/mol. The van der Waals surface area contributed by atoms with E-state index in [1.807, 2.05) is 31.2 Å². The van der Waals surface area contributed by atoms with Crippen LogP contribution in [-0.4, -0.2) is 31.5 Å². The largest absolute Gasteiger partial charge is 0.516 e. The Balaban J connectivity index is 1.89. The molecule has 1 unspecified atom stereocenters. The van der Waals surface area contributed by atoms with Gasteiger partial charge in [0.25, 0.3) is 5.91 Å². The minimum absolute atomic E-state index is 0.148. The van der Waals surface area contributed by atoms with Gasteiger partial charge in [0.1, 0.15) is 5.37 Å². The number of hydrogen-bond acceptors (Lipinski definition) is 5. The van der Waals surface area contributed by atoms with E-state index in [4.69, 9.17) is 0 Å². The van der Waals surface area contributed by atoms with Crippen LogP contribution in [0.25, 0.3) is 0 Å². The van der Waals surface area contributed by atoms with Gasteiger partial charge in [-0.25, -0.2) is 4.72 Å². The standard InChI is InChI=1S/C19H17F3N2O4S2/c1-11-3-5-13(6-4-11)18-24(16(25)10-29-18)15-8-7-14(9-12(15)2)17(26)23-30(27,28)19(20,21)22/h3-9,18H,10H2,1-2H3,(H,23,26). The molecule has 0 spiro atoms. The molecule has 1 N–H and O–H groups in total. The predicted molar refractivity (Wildman–Crippen MR) is 107 cm³/mol. The van der Waals surface area contributed by atoms with Crippen LogP contribution in [0.2, 0.25) is 0 Å². The molecular weight excluding hydrogens is 441 g/mol. The number of benzene rings is 2. The topological polar surface area (TPSA) is 83.6 Å². The quantitative estimate of drug-likeness (QED) is 0.756. The second-order valence-electron chi connectivity index (χ2n) is 6.72. The highest BCUT2D eigenvalue weighted by molar-refractivity contribution is 8.00. The molecule has 1 saturated heterocycles. The Hall–Kier alpha value is -2.53. The van der Waals surface area contributed by atoms with Crippen molar-refractivity contribution >= 4 is 39.3 Å². The van der Waals surface area contributed by atoms with Crippen molar-refractivity contribution in [3.63, 3.8) is 0 Å². The van der Waals surface area contributed by atoms with E-state index in [0.29, 0.717) is 11.3 Å². The van der Waals surface area contributed by atoms with Crippen LogP contribution < -0.4 is 9.62 Å². The number of hydrogen-bond donors (Lipinski definition) is 1. The summed E-state index contributed by atoms with van der Waals surface area (Å²) in [5.74, 6) is -1.30. The number of alkyl halides is 3. The summed E-state index contributed by atoms with van der Waals surface area (Å²) in [4.78, 5) is 26.1. The fraction of sp³-hybridized carbons (Fsp3) is 0.263. The third kappa shape index (κ3) is 4.31. The van der Waals surface area contributed by atoms with Crippen LogP contribution in [0.5, 0.6) is 0 Å². The Bertz CT molecular complexity index is 1100. The van der Waals surface area contributed by atoms with Crippen molar-refractivity contribution in [1.29, 1.82) is 0 Å². The number of sulfonamides is 1. The lowest BCUT2D eigenvalue weighted by Gasteiger charge is -2.26. The molecule has 6 nitrogen and oxygen atoms in total.